The van der Waals surface area contributed by atoms with Crippen molar-refractivity contribution in [3.63, 3.8) is 0 Å². The number of benzene rings is 1. The first-order valence-corrected chi connectivity index (χ1v) is 7.68. The molecule has 6 heteroatoms. The number of nitrogens with zero attached hydrogens (tertiary/aromatic N) is 5. The van der Waals surface area contributed by atoms with Gasteiger partial charge < -0.3 is 5.32 Å². The van der Waals surface area contributed by atoms with Gasteiger partial charge in [0, 0.05) is 19.1 Å². The topological polar surface area (TPSA) is 58.9 Å². The van der Waals surface area contributed by atoms with Gasteiger partial charge in [-0.25, -0.2) is 0 Å². The van der Waals surface area contributed by atoms with E-state index in [1.54, 1.807) is 0 Å². The van der Waals surface area contributed by atoms with E-state index in [1.807, 2.05) is 35.0 Å². The van der Waals surface area contributed by atoms with Crippen LogP contribution in [0.2, 0.25) is 0 Å². The molecule has 1 aromatic heterocycles. The molecule has 0 bridgehead atoms. The molecular formula is C15H20N6. The van der Waals surface area contributed by atoms with E-state index < -0.39 is 0 Å². The van der Waals surface area contributed by atoms with Crippen LogP contribution in [0.1, 0.15) is 18.7 Å². The summed E-state index contributed by atoms with van der Waals surface area (Å²) in [5, 5.41) is 15.8. The lowest BCUT2D eigenvalue weighted by molar-refractivity contribution is 0.152. The van der Waals surface area contributed by atoms with Gasteiger partial charge in [0.2, 0.25) is 0 Å². The Balaban J connectivity index is 1.49. The Kier molecular flexibility index (Phi) is 3.40. The Morgan fingerprint density at radius 1 is 1.19 bits per heavy atom. The van der Waals surface area contributed by atoms with Crippen LogP contribution in [-0.2, 0) is 6.54 Å². The van der Waals surface area contributed by atoms with E-state index in [2.05, 4.69) is 25.7 Å². The SMILES string of the molecule is c1ccc(-n2nnnc2CN2CCC3NCCC3C2)cc1. The van der Waals surface area contributed by atoms with Crippen LogP contribution in [0.4, 0.5) is 0 Å². The molecular weight excluding hydrogens is 264 g/mol. The average Bonchev–Trinajstić information content (AvgIpc) is 3.16. The van der Waals surface area contributed by atoms with Crippen LogP contribution >= 0.6 is 0 Å². The zero-order chi connectivity index (χ0) is 14.1. The standard InChI is InChI=1S/C15H20N6/c1-2-4-13(5-3-1)21-15(17-18-19-21)11-20-9-7-14-12(10-20)6-8-16-14/h1-5,12,14,16H,6-11H2. The molecule has 6 nitrogen and oxygen atoms in total. The summed E-state index contributed by atoms with van der Waals surface area (Å²) >= 11 is 0. The smallest absolute Gasteiger partial charge is 0.170 e. The van der Waals surface area contributed by atoms with Crippen LogP contribution in [0.3, 0.4) is 0 Å². The van der Waals surface area contributed by atoms with Gasteiger partial charge in [0.25, 0.3) is 0 Å². The van der Waals surface area contributed by atoms with Crippen LogP contribution in [0.5, 0.6) is 0 Å². The van der Waals surface area contributed by atoms with Crippen molar-refractivity contribution in [2.75, 3.05) is 19.6 Å². The molecule has 1 N–H and O–H groups in total. The fourth-order valence-electron chi connectivity index (χ4n) is 3.54. The van der Waals surface area contributed by atoms with E-state index in [0.29, 0.717) is 0 Å². The van der Waals surface area contributed by atoms with Gasteiger partial charge >= 0.3 is 0 Å². The van der Waals surface area contributed by atoms with Crippen molar-refractivity contribution in [2.24, 2.45) is 5.92 Å². The number of tetrazole rings is 1. The Morgan fingerprint density at radius 3 is 3.00 bits per heavy atom. The van der Waals surface area contributed by atoms with Gasteiger partial charge in [0.05, 0.1) is 12.2 Å². The van der Waals surface area contributed by atoms with Gasteiger partial charge in [0.15, 0.2) is 5.82 Å². The summed E-state index contributed by atoms with van der Waals surface area (Å²) in [6.07, 6.45) is 2.53. The van der Waals surface area contributed by atoms with Crippen LogP contribution in [0.15, 0.2) is 30.3 Å². The maximum atomic E-state index is 4.22. The largest absolute Gasteiger partial charge is 0.314 e. The highest BCUT2D eigenvalue weighted by atomic mass is 15.5. The Bertz CT molecular complexity index is 595. The molecule has 0 spiro atoms. The van der Waals surface area contributed by atoms with E-state index in [1.165, 1.54) is 19.4 Å². The van der Waals surface area contributed by atoms with Gasteiger partial charge in [-0.3, -0.25) is 4.90 Å². The highest BCUT2D eigenvalue weighted by Crippen LogP contribution is 2.25. The first-order chi connectivity index (χ1) is 10.4. The number of hydrogen-bond donors (Lipinski definition) is 1. The third kappa shape index (κ3) is 2.56. The first kappa shape index (κ1) is 12.9. The van der Waals surface area contributed by atoms with Gasteiger partial charge in [0.1, 0.15) is 0 Å². The number of para-hydroxylation sites is 1. The zero-order valence-corrected chi connectivity index (χ0v) is 12.0. The third-order valence-corrected chi connectivity index (χ3v) is 4.64. The van der Waals surface area contributed by atoms with Crippen molar-refractivity contribution in [3.05, 3.63) is 36.2 Å². The zero-order valence-electron chi connectivity index (χ0n) is 12.0. The quantitative estimate of drug-likeness (QED) is 0.905. The summed E-state index contributed by atoms with van der Waals surface area (Å²) in [6.45, 7) is 4.27. The lowest BCUT2D eigenvalue weighted by atomic mass is 9.93. The molecule has 2 aromatic rings. The highest BCUT2D eigenvalue weighted by Gasteiger charge is 2.32. The second-order valence-corrected chi connectivity index (χ2v) is 5.98. The maximum absolute atomic E-state index is 4.22. The minimum Gasteiger partial charge on any atom is -0.314 e. The van der Waals surface area contributed by atoms with Gasteiger partial charge in [-0.1, -0.05) is 18.2 Å². The number of piperidine rings is 1. The molecule has 21 heavy (non-hydrogen) atoms. The number of likely N-dealkylation sites (tertiary alicyclic amines) is 1. The lowest BCUT2D eigenvalue weighted by Gasteiger charge is -2.34. The summed E-state index contributed by atoms with van der Waals surface area (Å²) in [4.78, 5) is 2.49. The molecule has 2 fully saturated rings. The number of hydrogen-bond acceptors (Lipinski definition) is 5. The number of nitrogens with one attached hydrogen (secondary N) is 1. The van der Waals surface area contributed by atoms with E-state index >= 15 is 0 Å². The normalized spacial score (nSPS) is 25.9. The van der Waals surface area contributed by atoms with Crippen molar-refractivity contribution in [2.45, 2.75) is 25.4 Å². The summed E-state index contributed by atoms with van der Waals surface area (Å²) < 4.78 is 1.85. The van der Waals surface area contributed by atoms with Crippen LogP contribution in [0, 0.1) is 5.92 Å². The first-order valence-electron chi connectivity index (χ1n) is 7.68. The molecule has 2 saturated heterocycles. The Hall–Kier alpha value is -1.79. The molecule has 2 atom stereocenters. The Morgan fingerprint density at radius 2 is 2.10 bits per heavy atom. The minimum atomic E-state index is 0.728. The number of rotatable bonds is 3. The van der Waals surface area contributed by atoms with E-state index in [9.17, 15) is 0 Å². The molecule has 2 unspecified atom stereocenters. The third-order valence-electron chi connectivity index (χ3n) is 4.64. The number of fused-ring (bicyclic) bond motifs is 1. The van der Waals surface area contributed by atoms with Crippen molar-refractivity contribution in [1.29, 1.82) is 0 Å². The minimum absolute atomic E-state index is 0.728. The predicted octanol–water partition coefficient (Wildman–Crippen LogP) is 0.846. The average molecular weight is 284 g/mol. The van der Waals surface area contributed by atoms with Crippen molar-refractivity contribution >= 4 is 0 Å². The molecule has 2 aliphatic rings. The molecule has 4 rings (SSSR count). The predicted molar refractivity (Wildman–Crippen MR) is 78.9 cm³/mol. The molecule has 0 aliphatic carbocycles. The lowest BCUT2D eigenvalue weighted by Crippen LogP contribution is -2.44. The number of aromatic nitrogens is 4. The van der Waals surface area contributed by atoms with Crippen molar-refractivity contribution in [1.82, 2.24) is 30.4 Å². The second-order valence-electron chi connectivity index (χ2n) is 5.98. The molecule has 1 aromatic carbocycles. The summed E-state index contributed by atoms with van der Waals surface area (Å²) in [7, 11) is 0. The van der Waals surface area contributed by atoms with Gasteiger partial charge in [-0.15, -0.1) is 5.10 Å². The van der Waals surface area contributed by atoms with Gasteiger partial charge in [-0.2, -0.15) is 4.68 Å². The fraction of sp³-hybridized carbons (Fsp3) is 0.533. The molecule has 3 heterocycles. The molecule has 110 valence electrons. The van der Waals surface area contributed by atoms with E-state index in [0.717, 1.165) is 43.1 Å². The van der Waals surface area contributed by atoms with Gasteiger partial charge in [-0.05, 0) is 47.9 Å². The Labute approximate surface area is 124 Å². The van der Waals surface area contributed by atoms with Crippen LogP contribution in [-0.4, -0.2) is 50.8 Å². The molecule has 2 aliphatic heterocycles. The molecule has 0 amide bonds. The van der Waals surface area contributed by atoms with E-state index in [4.69, 9.17) is 0 Å². The highest BCUT2D eigenvalue weighted by molar-refractivity contribution is 5.30. The van der Waals surface area contributed by atoms with Crippen molar-refractivity contribution < 1.29 is 0 Å². The molecule has 0 saturated carbocycles. The second kappa shape index (κ2) is 5.54. The van der Waals surface area contributed by atoms with Crippen LogP contribution < -0.4 is 5.32 Å². The van der Waals surface area contributed by atoms with Crippen molar-refractivity contribution in [3.8, 4) is 5.69 Å². The van der Waals surface area contributed by atoms with Crippen LogP contribution in [0.25, 0.3) is 5.69 Å². The summed E-state index contributed by atoms with van der Waals surface area (Å²) in [5.74, 6) is 1.71. The maximum Gasteiger partial charge on any atom is 0.170 e. The van der Waals surface area contributed by atoms with E-state index in [-0.39, 0.29) is 0 Å². The fourth-order valence-corrected chi connectivity index (χ4v) is 3.54. The molecule has 0 radical (unpaired) electrons. The monoisotopic (exact) mass is 284 g/mol. The summed E-state index contributed by atoms with van der Waals surface area (Å²) in [6, 6.07) is 10.8. The summed E-state index contributed by atoms with van der Waals surface area (Å²) in [5.41, 5.74) is 1.02.